The Morgan fingerprint density at radius 1 is 1.04 bits per heavy atom. The standard InChI is InChI=1S/C19H13BrN4O/c20-15-4-2-6-17(11-15)23-18-10-14(7-8-22-18)19(25)24-16-5-1-3-13(9-16)12-21/h1-11H,(H,22,23)(H,24,25). The molecule has 2 N–H and O–H groups in total. The van der Waals surface area contributed by atoms with E-state index in [0.717, 1.165) is 10.2 Å². The average Bonchev–Trinajstić information content (AvgIpc) is 2.62. The Kier molecular flexibility index (Phi) is 5.07. The summed E-state index contributed by atoms with van der Waals surface area (Å²) in [6.07, 6.45) is 1.57. The van der Waals surface area contributed by atoms with E-state index in [2.05, 4.69) is 31.5 Å². The van der Waals surface area contributed by atoms with Gasteiger partial charge in [0.1, 0.15) is 5.82 Å². The smallest absolute Gasteiger partial charge is 0.255 e. The number of amides is 1. The minimum absolute atomic E-state index is 0.269. The van der Waals surface area contributed by atoms with Crippen LogP contribution in [0.5, 0.6) is 0 Å². The molecule has 122 valence electrons. The van der Waals surface area contributed by atoms with E-state index in [4.69, 9.17) is 5.26 Å². The lowest BCUT2D eigenvalue weighted by Gasteiger charge is -2.09. The molecular formula is C19H13BrN4O. The highest BCUT2D eigenvalue weighted by Crippen LogP contribution is 2.20. The molecule has 0 aliphatic rings. The summed E-state index contributed by atoms with van der Waals surface area (Å²) in [5.74, 6) is 0.298. The van der Waals surface area contributed by atoms with Gasteiger partial charge in [-0.3, -0.25) is 4.79 Å². The normalized spacial score (nSPS) is 9.92. The first-order valence-electron chi connectivity index (χ1n) is 7.44. The van der Waals surface area contributed by atoms with E-state index in [1.54, 1.807) is 42.6 Å². The van der Waals surface area contributed by atoms with E-state index in [9.17, 15) is 4.79 Å². The second kappa shape index (κ2) is 7.60. The third-order valence-corrected chi connectivity index (χ3v) is 3.86. The summed E-state index contributed by atoms with van der Waals surface area (Å²) in [7, 11) is 0. The molecule has 0 atom stereocenters. The third kappa shape index (κ3) is 4.43. The van der Waals surface area contributed by atoms with Crippen LogP contribution in [0.3, 0.4) is 0 Å². The maximum atomic E-state index is 12.4. The molecule has 0 saturated carbocycles. The molecule has 3 aromatic rings. The molecule has 3 rings (SSSR count). The Bertz CT molecular complexity index is 965. The van der Waals surface area contributed by atoms with Crippen LogP contribution in [-0.4, -0.2) is 10.9 Å². The summed E-state index contributed by atoms with van der Waals surface area (Å²) in [5.41, 5.74) is 2.39. The van der Waals surface area contributed by atoms with Crippen molar-refractivity contribution >= 4 is 39.0 Å². The molecule has 0 aliphatic carbocycles. The quantitative estimate of drug-likeness (QED) is 0.673. The lowest BCUT2D eigenvalue weighted by atomic mass is 10.2. The Balaban J connectivity index is 1.76. The van der Waals surface area contributed by atoms with Crippen molar-refractivity contribution in [3.63, 3.8) is 0 Å². The van der Waals surface area contributed by atoms with Crippen molar-refractivity contribution in [2.24, 2.45) is 0 Å². The summed E-state index contributed by atoms with van der Waals surface area (Å²) >= 11 is 3.41. The van der Waals surface area contributed by atoms with Crippen molar-refractivity contribution < 1.29 is 4.79 Å². The zero-order valence-corrected chi connectivity index (χ0v) is 14.6. The predicted molar refractivity (Wildman–Crippen MR) is 101 cm³/mol. The second-order valence-electron chi connectivity index (χ2n) is 5.21. The van der Waals surface area contributed by atoms with Crippen molar-refractivity contribution in [1.82, 2.24) is 4.98 Å². The molecule has 0 unspecified atom stereocenters. The number of carbonyl (C=O) groups is 1. The first-order chi connectivity index (χ1) is 12.1. The minimum Gasteiger partial charge on any atom is -0.340 e. The number of halogens is 1. The van der Waals surface area contributed by atoms with Gasteiger partial charge in [0, 0.05) is 27.6 Å². The van der Waals surface area contributed by atoms with Crippen molar-refractivity contribution in [2.45, 2.75) is 0 Å². The summed E-state index contributed by atoms with van der Waals surface area (Å²) in [5, 5.41) is 14.9. The minimum atomic E-state index is -0.269. The van der Waals surface area contributed by atoms with Crippen LogP contribution in [0.2, 0.25) is 0 Å². The first kappa shape index (κ1) is 16.7. The number of hydrogen-bond donors (Lipinski definition) is 2. The molecule has 1 heterocycles. The van der Waals surface area contributed by atoms with Gasteiger partial charge in [-0.25, -0.2) is 4.98 Å². The molecule has 0 saturated heterocycles. The highest BCUT2D eigenvalue weighted by atomic mass is 79.9. The lowest BCUT2D eigenvalue weighted by molar-refractivity contribution is 0.102. The zero-order valence-electron chi connectivity index (χ0n) is 13.0. The fourth-order valence-corrected chi connectivity index (χ4v) is 2.62. The van der Waals surface area contributed by atoms with Gasteiger partial charge in [-0.2, -0.15) is 5.26 Å². The topological polar surface area (TPSA) is 77.8 Å². The lowest BCUT2D eigenvalue weighted by Crippen LogP contribution is -2.12. The molecule has 5 nitrogen and oxygen atoms in total. The SMILES string of the molecule is N#Cc1cccc(NC(=O)c2ccnc(Nc3cccc(Br)c3)c2)c1. The Labute approximate surface area is 153 Å². The van der Waals surface area contributed by atoms with Crippen LogP contribution in [0.1, 0.15) is 15.9 Å². The summed E-state index contributed by atoms with van der Waals surface area (Å²) in [6, 6.07) is 19.8. The summed E-state index contributed by atoms with van der Waals surface area (Å²) in [6.45, 7) is 0. The highest BCUT2D eigenvalue weighted by molar-refractivity contribution is 9.10. The van der Waals surface area contributed by atoms with Gasteiger partial charge >= 0.3 is 0 Å². The Morgan fingerprint density at radius 2 is 1.84 bits per heavy atom. The van der Waals surface area contributed by atoms with Gasteiger partial charge in [0.25, 0.3) is 5.91 Å². The number of nitrogens with zero attached hydrogens (tertiary/aromatic N) is 2. The van der Waals surface area contributed by atoms with E-state index in [1.807, 2.05) is 30.3 Å². The number of hydrogen-bond acceptors (Lipinski definition) is 4. The molecule has 0 aliphatic heterocycles. The van der Waals surface area contributed by atoms with E-state index in [-0.39, 0.29) is 5.91 Å². The van der Waals surface area contributed by atoms with E-state index >= 15 is 0 Å². The van der Waals surface area contributed by atoms with Crippen molar-refractivity contribution in [3.05, 3.63) is 82.5 Å². The molecule has 0 fully saturated rings. The molecule has 0 spiro atoms. The molecule has 2 aromatic carbocycles. The largest absolute Gasteiger partial charge is 0.340 e. The molecule has 0 bridgehead atoms. The number of nitrogens with one attached hydrogen (secondary N) is 2. The molecule has 25 heavy (non-hydrogen) atoms. The number of nitriles is 1. The maximum Gasteiger partial charge on any atom is 0.255 e. The molecule has 1 amide bonds. The first-order valence-corrected chi connectivity index (χ1v) is 8.23. The maximum absolute atomic E-state index is 12.4. The van der Waals surface area contributed by atoms with Crippen LogP contribution < -0.4 is 10.6 Å². The summed E-state index contributed by atoms with van der Waals surface area (Å²) in [4.78, 5) is 16.6. The van der Waals surface area contributed by atoms with Crippen LogP contribution in [0.25, 0.3) is 0 Å². The number of pyridine rings is 1. The van der Waals surface area contributed by atoms with Crippen LogP contribution in [0.15, 0.2) is 71.3 Å². The summed E-state index contributed by atoms with van der Waals surface area (Å²) < 4.78 is 0.948. The van der Waals surface area contributed by atoms with Crippen molar-refractivity contribution in [2.75, 3.05) is 10.6 Å². The monoisotopic (exact) mass is 392 g/mol. The van der Waals surface area contributed by atoms with Crippen LogP contribution in [0, 0.1) is 11.3 Å². The van der Waals surface area contributed by atoms with Crippen LogP contribution in [-0.2, 0) is 0 Å². The van der Waals surface area contributed by atoms with E-state index in [0.29, 0.717) is 22.6 Å². The average molecular weight is 393 g/mol. The number of aromatic nitrogens is 1. The molecule has 1 aromatic heterocycles. The van der Waals surface area contributed by atoms with Crippen LogP contribution >= 0.6 is 15.9 Å². The fraction of sp³-hybridized carbons (Fsp3) is 0. The number of anilines is 3. The van der Waals surface area contributed by atoms with E-state index in [1.165, 1.54) is 0 Å². The highest BCUT2D eigenvalue weighted by Gasteiger charge is 2.08. The van der Waals surface area contributed by atoms with Gasteiger partial charge in [0.05, 0.1) is 11.6 Å². The molecular weight excluding hydrogens is 380 g/mol. The number of rotatable bonds is 4. The molecule has 0 radical (unpaired) electrons. The van der Waals surface area contributed by atoms with Crippen LogP contribution in [0.4, 0.5) is 17.2 Å². The van der Waals surface area contributed by atoms with Gasteiger partial charge in [0.2, 0.25) is 0 Å². The van der Waals surface area contributed by atoms with Gasteiger partial charge in [-0.05, 0) is 48.5 Å². The van der Waals surface area contributed by atoms with Gasteiger partial charge < -0.3 is 10.6 Å². The zero-order chi connectivity index (χ0) is 17.6. The van der Waals surface area contributed by atoms with E-state index < -0.39 is 0 Å². The Morgan fingerprint density at radius 3 is 2.64 bits per heavy atom. The van der Waals surface area contributed by atoms with Gasteiger partial charge in [-0.15, -0.1) is 0 Å². The van der Waals surface area contributed by atoms with Crippen molar-refractivity contribution in [1.29, 1.82) is 5.26 Å². The predicted octanol–water partition coefficient (Wildman–Crippen LogP) is 4.71. The van der Waals surface area contributed by atoms with Gasteiger partial charge in [0.15, 0.2) is 0 Å². The van der Waals surface area contributed by atoms with Gasteiger partial charge in [-0.1, -0.05) is 28.1 Å². The fourth-order valence-electron chi connectivity index (χ4n) is 2.22. The second-order valence-corrected chi connectivity index (χ2v) is 6.13. The van der Waals surface area contributed by atoms with Crippen molar-refractivity contribution in [3.8, 4) is 6.07 Å². The molecule has 6 heteroatoms. The number of benzene rings is 2. The third-order valence-electron chi connectivity index (χ3n) is 3.37. The number of carbonyl (C=O) groups excluding carboxylic acids is 1. The Hall–Kier alpha value is -3.17.